The van der Waals surface area contributed by atoms with Gasteiger partial charge in [0.25, 0.3) is 0 Å². The molecule has 0 N–H and O–H groups in total. The maximum atomic E-state index is 5.07. The summed E-state index contributed by atoms with van der Waals surface area (Å²) in [5.74, 6) is 0. The van der Waals surface area contributed by atoms with E-state index in [0.29, 0.717) is 0 Å². The Morgan fingerprint density at radius 3 is 2.19 bits per heavy atom. The van der Waals surface area contributed by atoms with E-state index in [-0.39, 0.29) is 52.3 Å². The number of hydrogen-bond acceptors (Lipinski definition) is 1. The van der Waals surface area contributed by atoms with Gasteiger partial charge in [0.15, 0.2) is 0 Å². The van der Waals surface area contributed by atoms with Crippen molar-refractivity contribution in [2.45, 2.75) is 32.4 Å². The van der Waals surface area contributed by atoms with Gasteiger partial charge in [-0.05, 0) is 11.8 Å². The summed E-state index contributed by atoms with van der Waals surface area (Å²) < 4.78 is 0. The summed E-state index contributed by atoms with van der Waals surface area (Å²) in [6.45, 7) is 6.39. The molecule has 1 aromatic heterocycles. The molecule has 3 aromatic carbocycles. The number of hydrogen-bond donors (Lipinski definition) is 0. The van der Waals surface area contributed by atoms with E-state index in [1.807, 2.05) is 12.1 Å². The molecule has 3 heteroatoms. The second-order valence-corrected chi connectivity index (χ2v) is 8.00. The van der Waals surface area contributed by atoms with Crippen LogP contribution in [-0.2, 0) is 25.8 Å². The maximum absolute atomic E-state index is 5.07. The van der Waals surface area contributed by atoms with Crippen LogP contribution < -0.4 is 0 Å². The third-order valence-corrected chi connectivity index (χ3v) is 4.66. The number of aromatic nitrogens is 1. The molecule has 1 heterocycles. The topological polar surface area (TPSA) is 27.0 Å². The smallest absolute Gasteiger partial charge is 0.646 e. The summed E-state index contributed by atoms with van der Waals surface area (Å²) in [5, 5.41) is 7.44. The molecule has 31 heavy (non-hydrogen) atoms. The molecular weight excluding hydrogens is 543 g/mol. The van der Waals surface area contributed by atoms with E-state index in [2.05, 4.69) is 99.6 Å². The number of nitrogens with zero attached hydrogens (tertiary/aromatic N) is 2. The van der Waals surface area contributed by atoms with Crippen molar-refractivity contribution in [1.29, 1.82) is 0 Å². The summed E-state index contributed by atoms with van der Waals surface area (Å²) in [5.41, 5.74) is 3.91. The van der Waals surface area contributed by atoms with Crippen molar-refractivity contribution >= 4 is 10.8 Å². The molecule has 1 atom stereocenters. The predicted octanol–water partition coefficient (Wildman–Crippen LogP) is 7.86. The zero-order valence-electron chi connectivity index (χ0n) is 19.1. The van der Waals surface area contributed by atoms with Gasteiger partial charge in [0.05, 0.1) is 0 Å². The Morgan fingerprint density at radius 2 is 1.48 bits per heavy atom. The van der Waals surface area contributed by atoms with Crippen LogP contribution in [0.25, 0.3) is 27.3 Å². The number of pyridine rings is 1. The molecule has 0 saturated heterocycles. The van der Waals surface area contributed by atoms with Crippen LogP contribution in [0, 0.1) is 20.9 Å². The minimum absolute atomic E-state index is 0. The Bertz CT molecular complexity index is 1080. The molecule has 0 spiro atoms. The molecule has 1 unspecified atom stereocenters. The average molecular weight is 573 g/mol. The van der Waals surface area contributed by atoms with Crippen molar-refractivity contribution in [2.24, 2.45) is 0 Å². The monoisotopic (exact) mass is 574 g/mol. The van der Waals surface area contributed by atoms with Gasteiger partial charge in [-0.25, -0.2) is 0 Å². The molecule has 0 fully saturated rings. The van der Waals surface area contributed by atoms with Crippen LogP contribution in [0.15, 0.2) is 84.9 Å². The third kappa shape index (κ3) is 6.44. The Kier molecular flexibility index (Phi) is 9.99. The molecule has 0 aliphatic carbocycles. The number of rotatable bonds is 4. The van der Waals surface area contributed by atoms with Crippen LogP contribution in [0.3, 0.4) is 0 Å². The second kappa shape index (κ2) is 11.5. The first-order chi connectivity index (χ1) is 13.5. The van der Waals surface area contributed by atoms with E-state index in [1.54, 1.807) is 0 Å². The fourth-order valence-electron chi connectivity index (χ4n) is 3.45. The summed E-state index contributed by atoms with van der Waals surface area (Å²) in [4.78, 5) is 5.03. The molecule has 0 aliphatic heterocycles. The minimum atomic E-state index is -0.163. The van der Waals surface area contributed by atoms with Crippen molar-refractivity contribution < 1.29 is 25.8 Å². The molecule has 156 valence electrons. The summed E-state index contributed by atoms with van der Waals surface area (Å²) in [7, 11) is 0. The molecule has 0 bridgehead atoms. The van der Waals surface area contributed by atoms with Gasteiger partial charge >= 0.3 is 25.8 Å². The van der Waals surface area contributed by atoms with Crippen LogP contribution in [0.5, 0.6) is 0 Å². The van der Waals surface area contributed by atoms with Crippen LogP contribution in [0.1, 0.15) is 38.1 Å². The van der Waals surface area contributed by atoms with Crippen molar-refractivity contribution in [1.82, 2.24) is 4.98 Å². The van der Waals surface area contributed by atoms with Gasteiger partial charge in [-0.3, -0.25) is 0 Å². The summed E-state index contributed by atoms with van der Waals surface area (Å²) in [6.07, 6.45) is 0. The van der Waals surface area contributed by atoms with E-state index < -0.39 is 0 Å². The Morgan fingerprint density at radius 1 is 0.806 bits per heavy atom. The molecule has 0 radical (unpaired) electrons. The van der Waals surface area contributed by atoms with E-state index in [9.17, 15) is 0 Å². The minimum Gasteiger partial charge on any atom is -0.646 e. The maximum Gasteiger partial charge on any atom is 4.00 e. The van der Waals surface area contributed by atoms with E-state index in [0.717, 1.165) is 22.5 Å². The normalized spacial score (nSPS) is 11.6. The van der Waals surface area contributed by atoms with E-state index >= 15 is 0 Å². The first-order valence-corrected chi connectivity index (χ1v) is 9.65. The Balaban J connectivity index is 0.00000160. The van der Waals surface area contributed by atoms with E-state index in [1.165, 1.54) is 10.8 Å². The first kappa shape index (κ1) is 26.9. The molecule has 4 aromatic rings. The fraction of sp³-hybridized carbons (Fsp3) is 0.179. The van der Waals surface area contributed by atoms with E-state index in [4.69, 9.17) is 10.3 Å². The predicted molar refractivity (Wildman–Crippen MR) is 130 cm³/mol. The molecule has 0 amide bonds. The summed E-state index contributed by atoms with van der Waals surface area (Å²) in [6, 6.07) is 32.3. The van der Waals surface area contributed by atoms with Crippen molar-refractivity contribution in [2.75, 3.05) is 0 Å². The molecule has 2 nitrogen and oxygen atoms in total. The van der Waals surface area contributed by atoms with Crippen LogP contribution >= 0.6 is 0 Å². The molecular formula is C28H30HfN2. The van der Waals surface area contributed by atoms with Crippen molar-refractivity contribution in [3.05, 3.63) is 122 Å². The molecule has 0 aliphatic rings. The Hall–Kier alpha value is -2.10. The average Bonchev–Trinajstić information content (AvgIpc) is 2.72. The zero-order chi connectivity index (χ0) is 19.6. The molecule has 4 rings (SSSR count). The van der Waals surface area contributed by atoms with Gasteiger partial charge in [-0.1, -0.05) is 104 Å². The van der Waals surface area contributed by atoms with Gasteiger partial charge in [0, 0.05) is 5.69 Å². The van der Waals surface area contributed by atoms with Gasteiger partial charge in [-0.2, -0.15) is 0 Å². The molecule has 0 saturated carbocycles. The largest absolute Gasteiger partial charge is 4.00 e. The van der Waals surface area contributed by atoms with Gasteiger partial charge in [-0.15, -0.1) is 34.7 Å². The number of fused-ring (bicyclic) bond motifs is 1. The standard InChI is InChI=1S/C26H24N2.2CH3.Hf/c1-26(2,3)28-25(20-12-5-4-6-13-20)24-18-10-17-23(27-24)22-16-9-14-19-11-7-8-15-21(19)22;;;/h4-15,17-18,25H,1-3H3;2*1H3;/q-2;2*-1;+4. The van der Waals surface area contributed by atoms with Crippen LogP contribution in [0.4, 0.5) is 0 Å². The quantitative estimate of drug-likeness (QED) is 0.181. The second-order valence-electron chi connectivity index (χ2n) is 8.00. The zero-order valence-corrected chi connectivity index (χ0v) is 22.6. The van der Waals surface area contributed by atoms with Gasteiger partial charge in [0.1, 0.15) is 0 Å². The van der Waals surface area contributed by atoms with Crippen LogP contribution in [-0.4, -0.2) is 10.5 Å². The van der Waals surface area contributed by atoms with Crippen molar-refractivity contribution in [3.63, 3.8) is 0 Å². The number of benzene rings is 3. The third-order valence-electron chi connectivity index (χ3n) is 4.66. The van der Waals surface area contributed by atoms with Crippen molar-refractivity contribution in [3.8, 4) is 11.3 Å². The SMILES string of the molecule is CC(C)(C)[N-]C(c1ccccc1)c1cccc(-c2[c-]ccc3ccccc23)n1.[CH3-].[CH3-].[Hf+4]. The Labute approximate surface area is 206 Å². The summed E-state index contributed by atoms with van der Waals surface area (Å²) >= 11 is 0. The van der Waals surface area contributed by atoms with Gasteiger partial charge < -0.3 is 25.2 Å². The first-order valence-electron chi connectivity index (χ1n) is 9.65. The van der Waals surface area contributed by atoms with Gasteiger partial charge in [0.2, 0.25) is 0 Å². The fourth-order valence-corrected chi connectivity index (χ4v) is 3.45. The van der Waals surface area contributed by atoms with Crippen LogP contribution in [0.2, 0.25) is 0 Å².